The predicted octanol–water partition coefficient (Wildman–Crippen LogP) is 3.96. The highest BCUT2D eigenvalue weighted by atomic mass is 79.9. The molecule has 1 aliphatic rings. The summed E-state index contributed by atoms with van der Waals surface area (Å²) in [6.07, 6.45) is 1.33. The summed E-state index contributed by atoms with van der Waals surface area (Å²) in [4.78, 5) is 22.6. The fraction of sp³-hybridized carbons (Fsp3) is 0.263. The Kier molecular flexibility index (Phi) is 8.27. The van der Waals surface area contributed by atoms with Gasteiger partial charge in [0.25, 0.3) is 0 Å². The Morgan fingerprint density at radius 2 is 1.47 bits per heavy atom. The van der Waals surface area contributed by atoms with Crippen LogP contribution in [0.4, 0.5) is 11.4 Å². The molecule has 0 atom stereocenters. The van der Waals surface area contributed by atoms with Crippen LogP contribution in [0.25, 0.3) is 0 Å². The molecule has 0 spiro atoms. The number of anilines is 2. The van der Waals surface area contributed by atoms with Gasteiger partial charge in [-0.2, -0.15) is 0 Å². The average Bonchev–Trinajstić information content (AvgIpc) is 3.56. The van der Waals surface area contributed by atoms with E-state index in [1.54, 1.807) is 24.3 Å². The van der Waals surface area contributed by atoms with Gasteiger partial charge in [-0.15, -0.1) is 0 Å². The maximum atomic E-state index is 11.8. The third-order valence-corrected chi connectivity index (χ3v) is 6.86. The minimum atomic E-state index is -3.39. The van der Waals surface area contributed by atoms with E-state index in [2.05, 4.69) is 46.1 Å². The second-order valence-corrected chi connectivity index (χ2v) is 10.0. The van der Waals surface area contributed by atoms with E-state index in [1.807, 2.05) is 0 Å². The number of esters is 2. The molecular formula is C19H20Br2N2O6S. The molecule has 3 N–H and O–H groups in total. The number of ether oxygens (including phenoxy) is 2. The van der Waals surface area contributed by atoms with Crippen molar-refractivity contribution in [1.82, 2.24) is 0 Å². The van der Waals surface area contributed by atoms with Crippen molar-refractivity contribution in [3.05, 3.63) is 56.5 Å². The van der Waals surface area contributed by atoms with Crippen LogP contribution in [0.3, 0.4) is 0 Å². The highest BCUT2D eigenvalue weighted by Crippen LogP contribution is 2.31. The van der Waals surface area contributed by atoms with E-state index in [0.717, 1.165) is 4.47 Å². The van der Waals surface area contributed by atoms with Crippen molar-refractivity contribution in [3.8, 4) is 0 Å². The summed E-state index contributed by atoms with van der Waals surface area (Å²) in [7, 11) is -0.816. The van der Waals surface area contributed by atoms with E-state index in [1.165, 1.54) is 26.4 Å². The number of sulfonamides is 1. The lowest BCUT2D eigenvalue weighted by molar-refractivity contribution is 0.0593. The van der Waals surface area contributed by atoms with Gasteiger partial charge in [0.1, 0.15) is 0 Å². The lowest BCUT2D eigenvalue weighted by Gasteiger charge is -2.11. The van der Waals surface area contributed by atoms with Gasteiger partial charge in [0, 0.05) is 14.6 Å². The first-order valence-electron chi connectivity index (χ1n) is 8.62. The number of nitrogen functional groups attached to an aromatic ring is 1. The fourth-order valence-corrected chi connectivity index (χ4v) is 4.44. The van der Waals surface area contributed by atoms with Crippen LogP contribution in [0.1, 0.15) is 33.6 Å². The van der Waals surface area contributed by atoms with Gasteiger partial charge in [-0.25, -0.2) is 18.0 Å². The first-order valence-corrected chi connectivity index (χ1v) is 11.7. The van der Waals surface area contributed by atoms with Crippen molar-refractivity contribution in [2.45, 2.75) is 18.1 Å². The SMILES string of the molecule is COC(=O)c1cc(Br)ccc1N.COC(=O)c1cc(Br)ccc1NS(=O)(=O)C1CC1. The van der Waals surface area contributed by atoms with E-state index in [4.69, 9.17) is 5.73 Å². The highest BCUT2D eigenvalue weighted by molar-refractivity contribution is 9.10. The summed E-state index contributed by atoms with van der Waals surface area (Å²) >= 11 is 6.46. The number of nitrogens with one attached hydrogen (secondary N) is 1. The largest absolute Gasteiger partial charge is 0.465 e. The predicted molar refractivity (Wildman–Crippen MR) is 121 cm³/mol. The monoisotopic (exact) mass is 562 g/mol. The zero-order chi connectivity index (χ0) is 22.5. The van der Waals surface area contributed by atoms with Crippen LogP contribution in [0, 0.1) is 0 Å². The number of hydrogen-bond donors (Lipinski definition) is 2. The molecule has 0 radical (unpaired) electrons. The van der Waals surface area contributed by atoms with Gasteiger partial charge >= 0.3 is 11.9 Å². The van der Waals surface area contributed by atoms with Gasteiger partial charge in [0.15, 0.2) is 0 Å². The molecule has 0 bridgehead atoms. The summed E-state index contributed by atoms with van der Waals surface area (Å²) < 4.78 is 36.8. The molecule has 8 nitrogen and oxygen atoms in total. The molecule has 0 saturated heterocycles. The number of halogens is 2. The Labute approximate surface area is 191 Å². The Bertz CT molecular complexity index is 1050. The molecule has 2 aromatic carbocycles. The third kappa shape index (κ3) is 6.44. The van der Waals surface area contributed by atoms with Gasteiger partial charge in [-0.1, -0.05) is 31.9 Å². The first-order chi connectivity index (χ1) is 14.1. The molecule has 1 saturated carbocycles. The van der Waals surface area contributed by atoms with Crippen LogP contribution in [-0.2, 0) is 19.5 Å². The van der Waals surface area contributed by atoms with Gasteiger partial charge < -0.3 is 15.2 Å². The normalized spacial score (nSPS) is 12.9. The number of hydrogen-bond acceptors (Lipinski definition) is 7. The fourth-order valence-electron chi connectivity index (χ4n) is 2.31. The maximum Gasteiger partial charge on any atom is 0.340 e. The molecule has 30 heavy (non-hydrogen) atoms. The summed E-state index contributed by atoms with van der Waals surface area (Å²) in [5, 5.41) is -0.341. The van der Waals surface area contributed by atoms with Crippen LogP contribution >= 0.6 is 31.9 Å². The molecule has 2 aromatic rings. The van der Waals surface area contributed by atoms with E-state index < -0.39 is 22.0 Å². The zero-order valence-electron chi connectivity index (χ0n) is 16.1. The molecule has 1 aliphatic carbocycles. The average molecular weight is 564 g/mol. The molecule has 162 valence electrons. The van der Waals surface area contributed by atoms with Crippen LogP contribution in [0.5, 0.6) is 0 Å². The standard InChI is InChI=1S/C11H12BrNO4S.C8H8BrNO2/c1-17-11(14)9-6-7(12)2-5-10(9)13-18(15,16)8-3-4-8;1-12-8(11)6-4-5(9)2-3-7(6)10/h2,5-6,8,13H,3-4H2,1H3;2-4H,10H2,1H3. The number of rotatable bonds is 5. The third-order valence-electron chi connectivity index (χ3n) is 4.02. The van der Waals surface area contributed by atoms with Gasteiger partial charge in [0.2, 0.25) is 10.0 Å². The van der Waals surface area contributed by atoms with Crippen molar-refractivity contribution >= 4 is 65.2 Å². The number of benzene rings is 2. The van der Waals surface area contributed by atoms with Gasteiger partial charge in [-0.05, 0) is 49.2 Å². The second kappa shape index (κ2) is 10.3. The highest BCUT2D eigenvalue weighted by Gasteiger charge is 2.36. The van der Waals surface area contributed by atoms with Crippen LogP contribution in [-0.4, -0.2) is 39.8 Å². The Balaban J connectivity index is 0.000000232. The maximum absolute atomic E-state index is 11.8. The van der Waals surface area contributed by atoms with Crippen molar-refractivity contribution in [3.63, 3.8) is 0 Å². The quantitative estimate of drug-likeness (QED) is 0.416. The summed E-state index contributed by atoms with van der Waals surface area (Å²) in [5.74, 6) is -1.00. The molecule has 0 unspecified atom stereocenters. The molecule has 1 fully saturated rings. The molecule has 0 heterocycles. The van der Waals surface area contributed by atoms with E-state index >= 15 is 0 Å². The zero-order valence-corrected chi connectivity index (χ0v) is 20.1. The molecular weight excluding hydrogens is 544 g/mol. The van der Waals surface area contributed by atoms with Crippen LogP contribution in [0.15, 0.2) is 45.3 Å². The summed E-state index contributed by atoms with van der Waals surface area (Å²) in [6.45, 7) is 0. The molecule has 0 amide bonds. The number of carbonyl (C=O) groups is 2. The number of carbonyl (C=O) groups excluding carboxylic acids is 2. The minimum absolute atomic E-state index is 0.191. The Morgan fingerprint density at radius 1 is 0.967 bits per heavy atom. The van der Waals surface area contributed by atoms with Crippen molar-refractivity contribution in [2.24, 2.45) is 0 Å². The lowest BCUT2D eigenvalue weighted by Crippen LogP contribution is -2.19. The second-order valence-electron chi connectivity index (χ2n) is 6.25. The first kappa shape index (κ1) is 24.2. The van der Waals surface area contributed by atoms with Crippen LogP contribution < -0.4 is 10.5 Å². The van der Waals surface area contributed by atoms with Crippen molar-refractivity contribution in [2.75, 3.05) is 24.7 Å². The molecule has 11 heteroatoms. The van der Waals surface area contributed by atoms with E-state index in [0.29, 0.717) is 28.6 Å². The topological polar surface area (TPSA) is 125 Å². The molecule has 0 aromatic heterocycles. The number of nitrogens with two attached hydrogens (primary N) is 1. The number of methoxy groups -OCH3 is 2. The summed E-state index contributed by atoms with van der Waals surface area (Å²) in [6, 6.07) is 9.77. The smallest absolute Gasteiger partial charge is 0.340 e. The minimum Gasteiger partial charge on any atom is -0.465 e. The van der Waals surface area contributed by atoms with Gasteiger partial charge in [-0.3, -0.25) is 4.72 Å². The van der Waals surface area contributed by atoms with Gasteiger partial charge in [0.05, 0.1) is 36.3 Å². The molecule has 3 rings (SSSR count). The van der Waals surface area contributed by atoms with Crippen molar-refractivity contribution in [1.29, 1.82) is 0 Å². The van der Waals surface area contributed by atoms with Crippen LogP contribution in [0.2, 0.25) is 0 Å². The molecule has 0 aliphatic heterocycles. The summed E-state index contributed by atoms with van der Waals surface area (Å²) in [5.41, 5.74) is 6.78. The van der Waals surface area contributed by atoms with E-state index in [-0.39, 0.29) is 16.5 Å². The lowest BCUT2D eigenvalue weighted by atomic mass is 10.2. The Hall–Kier alpha value is -2.11. The van der Waals surface area contributed by atoms with Crippen molar-refractivity contribution < 1.29 is 27.5 Å². The van der Waals surface area contributed by atoms with E-state index in [9.17, 15) is 18.0 Å². The Morgan fingerprint density at radius 3 is 2.00 bits per heavy atom.